The molecule has 0 unspecified atom stereocenters. The normalized spacial score (nSPS) is 36.1. The van der Waals surface area contributed by atoms with Gasteiger partial charge in [0.1, 0.15) is 0 Å². The van der Waals surface area contributed by atoms with Crippen LogP contribution < -0.4 is 5.32 Å². The number of carbonyl (C=O) groups excluding carboxylic acids is 2. The summed E-state index contributed by atoms with van der Waals surface area (Å²) in [4.78, 5) is 26.1. The number of fused-ring (bicyclic) bond motifs is 2. The second-order valence-electron chi connectivity index (χ2n) is 8.40. The zero-order valence-electron chi connectivity index (χ0n) is 14.9. The van der Waals surface area contributed by atoms with Crippen LogP contribution >= 0.6 is 0 Å². The first kappa shape index (κ1) is 16.6. The topological polar surface area (TPSA) is 58.6 Å². The second kappa shape index (κ2) is 5.67. The van der Waals surface area contributed by atoms with E-state index in [0.717, 1.165) is 12.3 Å². The third-order valence-electron chi connectivity index (χ3n) is 7.41. The van der Waals surface area contributed by atoms with E-state index < -0.39 is 0 Å². The minimum absolute atomic E-state index is 0.0443. The summed E-state index contributed by atoms with van der Waals surface area (Å²) in [6.07, 6.45) is 5.01. The maximum atomic E-state index is 12.6. The third kappa shape index (κ3) is 2.52. The van der Waals surface area contributed by atoms with Crippen LogP contribution in [0.25, 0.3) is 0 Å². The zero-order valence-corrected chi connectivity index (χ0v) is 14.9. The first-order valence-electron chi connectivity index (χ1n) is 8.93. The second-order valence-corrected chi connectivity index (χ2v) is 8.40. The van der Waals surface area contributed by atoms with Crippen LogP contribution in [0, 0.1) is 22.7 Å². The lowest BCUT2D eigenvalue weighted by molar-refractivity contribution is -0.146. The molecule has 3 fully saturated rings. The number of hydrogen-bond donors (Lipinski definition) is 1. The van der Waals surface area contributed by atoms with E-state index in [1.54, 1.807) is 0 Å². The molecule has 2 bridgehead atoms. The Morgan fingerprint density at radius 1 is 1.13 bits per heavy atom. The number of hydrogen-bond acceptors (Lipinski definition) is 3. The van der Waals surface area contributed by atoms with Gasteiger partial charge >= 0.3 is 12.0 Å². The number of nitrogens with zero attached hydrogens (tertiary/aromatic N) is 1. The van der Waals surface area contributed by atoms with Crippen LogP contribution in [-0.2, 0) is 9.53 Å². The van der Waals surface area contributed by atoms with Crippen molar-refractivity contribution in [1.82, 2.24) is 10.2 Å². The average Bonchev–Trinajstić information content (AvgIpc) is 2.87. The minimum Gasteiger partial charge on any atom is -0.469 e. The van der Waals surface area contributed by atoms with E-state index >= 15 is 0 Å². The number of esters is 1. The van der Waals surface area contributed by atoms with E-state index in [0.29, 0.717) is 31.3 Å². The molecule has 23 heavy (non-hydrogen) atoms. The molecule has 1 heterocycles. The van der Waals surface area contributed by atoms with Crippen molar-refractivity contribution < 1.29 is 14.3 Å². The summed E-state index contributed by atoms with van der Waals surface area (Å²) >= 11 is 0. The van der Waals surface area contributed by atoms with Crippen molar-refractivity contribution >= 4 is 12.0 Å². The molecule has 0 spiro atoms. The lowest BCUT2D eigenvalue weighted by Crippen LogP contribution is -2.53. The van der Waals surface area contributed by atoms with Crippen molar-refractivity contribution in [2.45, 2.75) is 58.9 Å². The van der Waals surface area contributed by atoms with Crippen molar-refractivity contribution in [3.05, 3.63) is 0 Å². The molecule has 1 saturated heterocycles. The molecular formula is C18H30N2O3. The monoisotopic (exact) mass is 322 g/mol. The lowest BCUT2D eigenvalue weighted by atomic mass is 9.69. The van der Waals surface area contributed by atoms with E-state index in [4.69, 9.17) is 4.74 Å². The summed E-state index contributed by atoms with van der Waals surface area (Å²) in [5, 5.41) is 3.30. The summed E-state index contributed by atoms with van der Waals surface area (Å²) in [6, 6.07) is 0.324. The maximum Gasteiger partial charge on any atom is 0.317 e. The highest BCUT2D eigenvalue weighted by molar-refractivity contribution is 5.76. The number of ether oxygens (including phenoxy) is 1. The molecule has 2 saturated carbocycles. The molecule has 3 atom stereocenters. The van der Waals surface area contributed by atoms with Crippen LogP contribution in [0.15, 0.2) is 0 Å². The number of likely N-dealkylation sites (tertiary alicyclic amines) is 1. The minimum atomic E-state index is -0.146. The van der Waals surface area contributed by atoms with Gasteiger partial charge < -0.3 is 15.0 Å². The fourth-order valence-electron chi connectivity index (χ4n) is 5.15. The number of carbonyl (C=O) groups is 2. The van der Waals surface area contributed by atoms with Crippen molar-refractivity contribution in [3.8, 4) is 0 Å². The molecule has 5 nitrogen and oxygen atoms in total. The molecule has 1 N–H and O–H groups in total. The van der Waals surface area contributed by atoms with Crippen LogP contribution in [-0.4, -0.2) is 43.1 Å². The molecule has 0 aromatic rings. The Kier molecular flexibility index (Phi) is 4.09. The molecule has 2 amide bonds. The summed E-state index contributed by atoms with van der Waals surface area (Å²) in [5.74, 6) is 0.526. The number of urea groups is 1. The zero-order chi connectivity index (χ0) is 16.8. The molecule has 0 radical (unpaired) electrons. The Morgan fingerprint density at radius 2 is 1.78 bits per heavy atom. The Hall–Kier alpha value is -1.26. The molecular weight excluding hydrogens is 292 g/mol. The van der Waals surface area contributed by atoms with Gasteiger partial charge in [0.2, 0.25) is 0 Å². The Balaban J connectivity index is 1.56. The van der Waals surface area contributed by atoms with Gasteiger partial charge in [0, 0.05) is 19.1 Å². The molecule has 3 rings (SSSR count). The van der Waals surface area contributed by atoms with Gasteiger partial charge in [-0.1, -0.05) is 20.8 Å². The number of piperidine rings is 1. The molecule has 0 aromatic heterocycles. The average molecular weight is 322 g/mol. The standard InChI is InChI=1S/C18H30N2O3/c1-17(2)13-5-8-18(17,3)14(11-13)19-16(22)20-9-6-12(7-10-20)15(21)23-4/h12-14H,5-11H2,1-4H3,(H,19,22)/t13-,14+,18-/m1/s1. The predicted molar refractivity (Wildman–Crippen MR) is 87.9 cm³/mol. The van der Waals surface area contributed by atoms with Crippen LogP contribution in [0.4, 0.5) is 4.79 Å². The Labute approximate surface area is 139 Å². The fourth-order valence-corrected chi connectivity index (χ4v) is 5.15. The van der Waals surface area contributed by atoms with Crippen molar-refractivity contribution in [2.24, 2.45) is 22.7 Å². The van der Waals surface area contributed by atoms with Crippen LogP contribution in [0.1, 0.15) is 52.9 Å². The van der Waals surface area contributed by atoms with Crippen LogP contribution in [0.3, 0.4) is 0 Å². The quantitative estimate of drug-likeness (QED) is 0.795. The van der Waals surface area contributed by atoms with Gasteiger partial charge in [-0.05, 0) is 48.9 Å². The van der Waals surface area contributed by atoms with E-state index in [1.807, 2.05) is 4.90 Å². The molecule has 1 aliphatic heterocycles. The number of methoxy groups -OCH3 is 1. The lowest BCUT2D eigenvalue weighted by Gasteiger charge is -2.40. The van der Waals surface area contributed by atoms with E-state index in [1.165, 1.54) is 20.0 Å². The number of nitrogens with one attached hydrogen (secondary N) is 1. The van der Waals surface area contributed by atoms with Crippen LogP contribution in [0.5, 0.6) is 0 Å². The molecule has 3 aliphatic rings. The summed E-state index contributed by atoms with van der Waals surface area (Å²) in [7, 11) is 1.43. The Bertz CT molecular complexity index is 496. The number of rotatable bonds is 2. The SMILES string of the molecule is COC(=O)C1CCN(C(=O)N[C@H]2C[C@H]3CC[C@@]2(C)C3(C)C)CC1. The Morgan fingerprint density at radius 3 is 2.26 bits per heavy atom. The highest BCUT2D eigenvalue weighted by Crippen LogP contribution is 2.65. The highest BCUT2D eigenvalue weighted by atomic mass is 16.5. The largest absolute Gasteiger partial charge is 0.469 e. The van der Waals surface area contributed by atoms with E-state index in [2.05, 4.69) is 26.1 Å². The van der Waals surface area contributed by atoms with Gasteiger partial charge in [-0.3, -0.25) is 4.79 Å². The van der Waals surface area contributed by atoms with Gasteiger partial charge in [0.15, 0.2) is 0 Å². The molecule has 2 aliphatic carbocycles. The molecule has 130 valence electrons. The van der Waals surface area contributed by atoms with Gasteiger partial charge in [0.25, 0.3) is 0 Å². The van der Waals surface area contributed by atoms with Crippen molar-refractivity contribution in [2.75, 3.05) is 20.2 Å². The van der Waals surface area contributed by atoms with E-state index in [9.17, 15) is 9.59 Å². The smallest absolute Gasteiger partial charge is 0.317 e. The fraction of sp³-hybridized carbons (Fsp3) is 0.889. The summed E-state index contributed by atoms with van der Waals surface area (Å²) < 4.78 is 4.80. The third-order valence-corrected chi connectivity index (χ3v) is 7.41. The van der Waals surface area contributed by atoms with Gasteiger partial charge in [-0.2, -0.15) is 0 Å². The highest BCUT2D eigenvalue weighted by Gasteiger charge is 2.61. The van der Waals surface area contributed by atoms with Crippen molar-refractivity contribution in [1.29, 1.82) is 0 Å². The van der Waals surface area contributed by atoms with Gasteiger partial charge in [0.05, 0.1) is 13.0 Å². The summed E-state index contributed by atoms with van der Waals surface area (Å²) in [6.45, 7) is 8.34. The number of amides is 2. The first-order chi connectivity index (χ1) is 10.8. The molecule has 0 aromatic carbocycles. The van der Waals surface area contributed by atoms with Crippen LogP contribution in [0.2, 0.25) is 0 Å². The maximum absolute atomic E-state index is 12.6. The van der Waals surface area contributed by atoms with Crippen molar-refractivity contribution in [3.63, 3.8) is 0 Å². The van der Waals surface area contributed by atoms with E-state index in [-0.39, 0.29) is 29.4 Å². The van der Waals surface area contributed by atoms with Gasteiger partial charge in [-0.15, -0.1) is 0 Å². The molecule has 5 heteroatoms. The predicted octanol–water partition coefficient (Wildman–Crippen LogP) is 2.80. The van der Waals surface area contributed by atoms with Gasteiger partial charge in [-0.25, -0.2) is 4.79 Å². The summed E-state index contributed by atoms with van der Waals surface area (Å²) in [5.41, 5.74) is 0.514. The first-order valence-corrected chi connectivity index (χ1v) is 8.93.